The molecule has 1 fully saturated rings. The van der Waals surface area contributed by atoms with Crippen LogP contribution in [0.1, 0.15) is 45.1 Å². The lowest BCUT2D eigenvalue weighted by atomic mass is 9.97. The smallest absolute Gasteiger partial charge is 0.452 e. The van der Waals surface area contributed by atoms with Crippen molar-refractivity contribution in [1.29, 1.82) is 0 Å². The lowest BCUT2D eigenvalue weighted by Crippen LogP contribution is -2.59. The molecule has 2 heterocycles. The first-order chi connectivity index (χ1) is 18.1. The van der Waals surface area contributed by atoms with E-state index >= 15 is 0 Å². The first-order valence-electron chi connectivity index (χ1n) is 11.8. The molecule has 0 spiro atoms. The maximum Gasteiger partial charge on any atom is 0.452 e. The summed E-state index contributed by atoms with van der Waals surface area (Å²) in [5.41, 5.74) is -1.04. The number of rotatable bonds is 7. The fourth-order valence-electron chi connectivity index (χ4n) is 3.69. The van der Waals surface area contributed by atoms with E-state index in [-0.39, 0.29) is 36.0 Å². The fraction of sp³-hybridized carbons (Fsp3) is 0.500. The van der Waals surface area contributed by atoms with E-state index in [4.69, 9.17) is 21.1 Å². The molecule has 0 saturated carbocycles. The van der Waals surface area contributed by atoms with Crippen molar-refractivity contribution >= 4 is 29.5 Å². The number of piperidine rings is 1. The van der Waals surface area contributed by atoms with Crippen molar-refractivity contribution in [2.24, 2.45) is 0 Å². The van der Waals surface area contributed by atoms with Crippen molar-refractivity contribution in [3.8, 4) is 5.75 Å². The maximum absolute atomic E-state index is 13.6. The first-order valence-corrected chi connectivity index (χ1v) is 12.2. The zero-order valence-corrected chi connectivity index (χ0v) is 22.0. The summed E-state index contributed by atoms with van der Waals surface area (Å²) in [6.45, 7) is 4.04. The van der Waals surface area contributed by atoms with E-state index in [2.05, 4.69) is 20.3 Å². The average Bonchev–Trinajstić information content (AvgIpc) is 3.32. The van der Waals surface area contributed by atoms with Crippen LogP contribution < -0.4 is 15.4 Å². The van der Waals surface area contributed by atoms with Gasteiger partial charge in [-0.1, -0.05) is 16.8 Å². The minimum Gasteiger partial charge on any atom is -0.484 e. The van der Waals surface area contributed by atoms with E-state index in [0.29, 0.717) is 12.5 Å². The molecule has 0 bridgehead atoms. The molecule has 0 radical (unpaired) electrons. The van der Waals surface area contributed by atoms with Crippen LogP contribution in [0, 0.1) is 5.82 Å². The Morgan fingerprint density at radius 1 is 1.18 bits per heavy atom. The summed E-state index contributed by atoms with van der Waals surface area (Å²) in [5, 5.41) is 8.36. The number of carbonyl (C=O) groups is 3. The van der Waals surface area contributed by atoms with Gasteiger partial charge >= 0.3 is 12.3 Å². The molecule has 1 saturated heterocycles. The second kappa shape index (κ2) is 12.1. The molecule has 10 nitrogen and oxygen atoms in total. The number of hydrogen-bond acceptors (Lipinski definition) is 7. The van der Waals surface area contributed by atoms with Crippen LogP contribution in [0.15, 0.2) is 28.8 Å². The van der Waals surface area contributed by atoms with Crippen LogP contribution in [0.5, 0.6) is 5.75 Å². The number of likely N-dealkylation sites (tertiary alicyclic amines) is 1. The standard InChI is InChI=1S/C24H27ClF4N4O6/c1-23(2,3)38-22(36)33-11-13(31-20(34)12-37-15-5-6-16(25)17(26)9-15)4-7-18(33)21(35)30-10-14-8-19(39-32-14)24(27,28)29/h5-6,8-9,13,18H,4,7,10-12H2,1-3H3,(H,30,35)(H,31,34)/t13-,18+/m0/s1. The number of ether oxygens (including phenoxy) is 2. The Morgan fingerprint density at radius 3 is 2.51 bits per heavy atom. The normalized spacial score (nSPS) is 17.9. The number of aromatic nitrogens is 1. The molecule has 1 aliphatic heterocycles. The Hall–Kier alpha value is -3.55. The van der Waals surface area contributed by atoms with E-state index < -0.39 is 60.0 Å². The highest BCUT2D eigenvalue weighted by molar-refractivity contribution is 6.30. The van der Waals surface area contributed by atoms with Crippen LogP contribution in [0.4, 0.5) is 22.4 Å². The molecular weight excluding hydrogens is 552 g/mol. The highest BCUT2D eigenvalue weighted by Gasteiger charge is 2.39. The van der Waals surface area contributed by atoms with E-state index in [0.717, 1.165) is 11.0 Å². The highest BCUT2D eigenvalue weighted by atomic mass is 35.5. The molecule has 3 amide bonds. The number of carbonyl (C=O) groups excluding carboxylic acids is 3. The van der Waals surface area contributed by atoms with E-state index in [1.807, 2.05) is 0 Å². The van der Waals surface area contributed by atoms with Gasteiger partial charge in [-0.3, -0.25) is 14.5 Å². The van der Waals surface area contributed by atoms with Crippen LogP contribution in [-0.2, 0) is 27.0 Å². The van der Waals surface area contributed by atoms with E-state index in [1.165, 1.54) is 12.1 Å². The SMILES string of the molecule is CC(C)(C)OC(=O)N1C[C@@H](NC(=O)COc2ccc(Cl)c(F)c2)CC[C@@H]1C(=O)NCc1cc(C(F)(F)F)on1. The zero-order valence-electron chi connectivity index (χ0n) is 21.2. The largest absolute Gasteiger partial charge is 0.484 e. The van der Waals surface area contributed by atoms with Crippen LogP contribution in [0.2, 0.25) is 5.02 Å². The maximum atomic E-state index is 13.6. The zero-order chi connectivity index (χ0) is 29.0. The molecule has 15 heteroatoms. The molecule has 0 aliphatic carbocycles. The summed E-state index contributed by atoms with van der Waals surface area (Å²) in [6, 6.07) is 2.80. The Labute approximate surface area is 225 Å². The minimum absolute atomic E-state index is 0.0868. The van der Waals surface area contributed by atoms with Gasteiger partial charge in [0.2, 0.25) is 11.7 Å². The molecule has 0 unspecified atom stereocenters. The average molecular weight is 579 g/mol. The second-order valence-corrected chi connectivity index (χ2v) is 10.2. The predicted molar refractivity (Wildman–Crippen MR) is 128 cm³/mol. The van der Waals surface area contributed by atoms with Gasteiger partial charge in [-0.25, -0.2) is 9.18 Å². The lowest BCUT2D eigenvalue weighted by Gasteiger charge is -2.39. The molecule has 1 aromatic heterocycles. The summed E-state index contributed by atoms with van der Waals surface area (Å²) >= 11 is 5.62. The summed E-state index contributed by atoms with van der Waals surface area (Å²) in [4.78, 5) is 39.4. The Morgan fingerprint density at radius 2 is 1.90 bits per heavy atom. The van der Waals surface area contributed by atoms with Gasteiger partial charge in [0.05, 0.1) is 11.6 Å². The molecule has 2 atom stereocenters. The van der Waals surface area contributed by atoms with Crippen molar-refractivity contribution in [2.75, 3.05) is 13.2 Å². The minimum atomic E-state index is -4.72. The van der Waals surface area contributed by atoms with Crippen molar-refractivity contribution in [3.63, 3.8) is 0 Å². The quantitative estimate of drug-likeness (QED) is 0.475. The second-order valence-electron chi connectivity index (χ2n) is 9.75. The molecule has 1 aliphatic rings. The van der Waals surface area contributed by atoms with Crippen LogP contribution in [0.25, 0.3) is 0 Å². The van der Waals surface area contributed by atoms with E-state index in [1.54, 1.807) is 20.8 Å². The molecule has 39 heavy (non-hydrogen) atoms. The fourth-order valence-corrected chi connectivity index (χ4v) is 3.81. The van der Waals surface area contributed by atoms with Crippen molar-refractivity contribution < 1.29 is 45.9 Å². The lowest BCUT2D eigenvalue weighted by molar-refractivity contribution is -0.155. The monoisotopic (exact) mass is 578 g/mol. The number of halogens is 5. The number of amides is 3. The van der Waals surface area contributed by atoms with Crippen LogP contribution in [0.3, 0.4) is 0 Å². The molecule has 3 rings (SSSR count). The number of nitrogens with zero attached hydrogens (tertiary/aromatic N) is 2. The van der Waals surface area contributed by atoms with Gasteiger partial charge in [0.15, 0.2) is 6.61 Å². The summed E-state index contributed by atoms with van der Waals surface area (Å²) < 4.78 is 66.7. The number of benzene rings is 1. The van der Waals surface area contributed by atoms with Crippen molar-refractivity contribution in [3.05, 3.63) is 46.6 Å². The third-order valence-electron chi connectivity index (χ3n) is 5.42. The topological polar surface area (TPSA) is 123 Å². The molecule has 214 valence electrons. The highest BCUT2D eigenvalue weighted by Crippen LogP contribution is 2.29. The van der Waals surface area contributed by atoms with Gasteiger partial charge in [0.25, 0.3) is 5.91 Å². The molecule has 1 aromatic carbocycles. The van der Waals surface area contributed by atoms with Crippen LogP contribution in [-0.4, -0.2) is 58.8 Å². The van der Waals surface area contributed by atoms with Crippen LogP contribution >= 0.6 is 11.6 Å². The number of nitrogens with one attached hydrogen (secondary N) is 2. The first kappa shape index (κ1) is 30.0. The van der Waals surface area contributed by atoms with Gasteiger partial charge in [-0.05, 0) is 45.7 Å². The van der Waals surface area contributed by atoms with E-state index in [9.17, 15) is 31.9 Å². The third-order valence-corrected chi connectivity index (χ3v) is 5.73. The third kappa shape index (κ3) is 8.73. The number of hydrogen-bond donors (Lipinski definition) is 2. The summed E-state index contributed by atoms with van der Waals surface area (Å²) in [6.07, 6.45) is -5.12. The molecule has 2 N–H and O–H groups in total. The van der Waals surface area contributed by atoms with Gasteiger partial charge in [-0.15, -0.1) is 0 Å². The number of alkyl halides is 3. The van der Waals surface area contributed by atoms with Crippen molar-refractivity contribution in [2.45, 2.75) is 64.0 Å². The van der Waals surface area contributed by atoms with Gasteiger partial charge in [0, 0.05) is 24.7 Å². The predicted octanol–water partition coefficient (Wildman–Crippen LogP) is 4.07. The van der Waals surface area contributed by atoms with Gasteiger partial charge in [-0.2, -0.15) is 13.2 Å². The Kier molecular flexibility index (Phi) is 9.30. The summed E-state index contributed by atoms with van der Waals surface area (Å²) in [5.74, 6) is -3.10. The molecular formula is C24H27ClF4N4O6. The Balaban J connectivity index is 1.61. The van der Waals surface area contributed by atoms with Gasteiger partial charge < -0.3 is 24.6 Å². The Bertz CT molecular complexity index is 1200. The van der Waals surface area contributed by atoms with Gasteiger partial charge in [0.1, 0.15) is 28.9 Å². The summed E-state index contributed by atoms with van der Waals surface area (Å²) in [7, 11) is 0. The molecule has 2 aromatic rings. The van der Waals surface area contributed by atoms with Crippen molar-refractivity contribution in [1.82, 2.24) is 20.7 Å².